The van der Waals surface area contributed by atoms with Crippen LogP contribution in [0.15, 0.2) is 60.9 Å². The number of rotatable bonds is 4. The van der Waals surface area contributed by atoms with E-state index in [0.717, 1.165) is 12.1 Å². The fraction of sp³-hybridized carbons (Fsp3) is 0.105. The molecule has 25 heavy (non-hydrogen) atoms. The van der Waals surface area contributed by atoms with Crippen molar-refractivity contribution in [3.8, 4) is 11.5 Å². The van der Waals surface area contributed by atoms with Crippen LogP contribution in [0.5, 0.6) is 11.5 Å². The number of carbonyl (C=O) groups excluding carboxylic acids is 1. The molecule has 2 aromatic rings. The fourth-order valence-electron chi connectivity index (χ4n) is 2.33. The summed E-state index contributed by atoms with van der Waals surface area (Å²) in [7, 11) is 0. The van der Waals surface area contributed by atoms with Crippen molar-refractivity contribution in [1.29, 1.82) is 0 Å². The summed E-state index contributed by atoms with van der Waals surface area (Å²) < 4.78 is 48.6. The van der Waals surface area contributed by atoms with E-state index in [2.05, 4.69) is 6.58 Å². The van der Waals surface area contributed by atoms with E-state index < -0.39 is 11.7 Å². The molecular weight excluding hydrogens is 333 g/mol. The van der Waals surface area contributed by atoms with Gasteiger partial charge in [-0.05, 0) is 35.9 Å². The van der Waals surface area contributed by atoms with Gasteiger partial charge in [-0.25, -0.2) is 0 Å². The van der Waals surface area contributed by atoms with Crippen molar-refractivity contribution in [3.05, 3.63) is 77.6 Å². The lowest BCUT2D eigenvalue weighted by molar-refractivity contribution is -0.137. The Morgan fingerprint density at radius 2 is 1.84 bits per heavy atom. The van der Waals surface area contributed by atoms with Crippen molar-refractivity contribution in [2.75, 3.05) is 6.61 Å². The summed E-state index contributed by atoms with van der Waals surface area (Å²) in [6, 6.07) is 9.31. The Balaban J connectivity index is 1.83. The molecule has 3 nitrogen and oxygen atoms in total. The van der Waals surface area contributed by atoms with Gasteiger partial charge in [-0.2, -0.15) is 13.2 Å². The first-order chi connectivity index (χ1) is 11.9. The average Bonchev–Trinajstić information content (AvgIpc) is 2.88. The number of alkyl halides is 3. The lowest BCUT2D eigenvalue weighted by Gasteiger charge is -2.06. The van der Waals surface area contributed by atoms with E-state index in [1.54, 1.807) is 24.3 Å². The molecule has 1 aliphatic heterocycles. The fourth-order valence-corrected chi connectivity index (χ4v) is 2.33. The Morgan fingerprint density at radius 1 is 1.12 bits per heavy atom. The second-order valence-corrected chi connectivity index (χ2v) is 5.32. The quantitative estimate of drug-likeness (QED) is 0.584. The normalized spacial score (nSPS) is 15.0. The van der Waals surface area contributed by atoms with E-state index in [9.17, 15) is 18.0 Å². The SMILES string of the molecule is C=CCOc1ccc2c(c1)O/C(=C/c1ccc(C(F)(F)F)cc1)C2=O. The molecule has 0 spiro atoms. The third-order valence-electron chi connectivity index (χ3n) is 3.55. The van der Waals surface area contributed by atoms with Gasteiger partial charge < -0.3 is 9.47 Å². The summed E-state index contributed by atoms with van der Waals surface area (Å²) >= 11 is 0. The van der Waals surface area contributed by atoms with Crippen molar-refractivity contribution in [1.82, 2.24) is 0 Å². The summed E-state index contributed by atoms with van der Waals surface area (Å²) in [4.78, 5) is 12.3. The van der Waals surface area contributed by atoms with Crippen LogP contribution >= 0.6 is 0 Å². The van der Waals surface area contributed by atoms with Crippen LogP contribution in [-0.2, 0) is 6.18 Å². The summed E-state index contributed by atoms with van der Waals surface area (Å²) in [6.07, 6.45) is -1.40. The van der Waals surface area contributed by atoms with Crippen molar-refractivity contribution in [2.24, 2.45) is 0 Å². The monoisotopic (exact) mass is 346 g/mol. The first kappa shape index (κ1) is 16.8. The van der Waals surface area contributed by atoms with Crippen LogP contribution in [0.3, 0.4) is 0 Å². The number of allylic oxidation sites excluding steroid dienone is 1. The smallest absolute Gasteiger partial charge is 0.416 e. The predicted molar refractivity (Wildman–Crippen MR) is 86.5 cm³/mol. The van der Waals surface area contributed by atoms with Gasteiger partial charge in [0, 0.05) is 6.07 Å². The van der Waals surface area contributed by atoms with Gasteiger partial charge in [0.15, 0.2) is 5.76 Å². The van der Waals surface area contributed by atoms with Gasteiger partial charge >= 0.3 is 6.18 Å². The number of ether oxygens (including phenoxy) is 2. The highest BCUT2D eigenvalue weighted by Gasteiger charge is 2.30. The topological polar surface area (TPSA) is 35.5 Å². The van der Waals surface area contributed by atoms with Crippen molar-refractivity contribution < 1.29 is 27.4 Å². The van der Waals surface area contributed by atoms with Crippen LogP contribution < -0.4 is 9.47 Å². The molecule has 0 aromatic heterocycles. The number of carbonyl (C=O) groups is 1. The Hall–Kier alpha value is -3.02. The van der Waals surface area contributed by atoms with Gasteiger partial charge in [0.25, 0.3) is 0 Å². The van der Waals surface area contributed by atoms with Crippen LogP contribution in [0.2, 0.25) is 0 Å². The summed E-state index contributed by atoms with van der Waals surface area (Å²) in [5.74, 6) is 0.604. The highest BCUT2D eigenvalue weighted by Crippen LogP contribution is 2.35. The molecule has 2 aromatic carbocycles. The van der Waals surface area contributed by atoms with Gasteiger partial charge in [0.05, 0.1) is 11.1 Å². The molecule has 0 saturated carbocycles. The molecule has 0 atom stereocenters. The van der Waals surface area contributed by atoms with Crippen molar-refractivity contribution in [2.45, 2.75) is 6.18 Å². The van der Waals surface area contributed by atoms with E-state index in [0.29, 0.717) is 29.2 Å². The minimum atomic E-state index is -4.40. The minimum Gasteiger partial charge on any atom is -0.489 e. The number of Topliss-reactive ketones (excluding diaryl/α,β-unsaturated/α-hetero) is 1. The van der Waals surface area contributed by atoms with Crippen LogP contribution in [0.4, 0.5) is 13.2 Å². The average molecular weight is 346 g/mol. The highest BCUT2D eigenvalue weighted by atomic mass is 19.4. The first-order valence-corrected chi connectivity index (χ1v) is 7.38. The number of halogens is 3. The number of hydrogen-bond donors (Lipinski definition) is 0. The van der Waals surface area contributed by atoms with E-state index in [1.807, 2.05) is 0 Å². The molecular formula is C19H13F3O3. The Bertz CT molecular complexity index is 849. The summed E-state index contributed by atoms with van der Waals surface area (Å²) in [5.41, 5.74) is 0.0667. The lowest BCUT2D eigenvalue weighted by atomic mass is 10.1. The number of hydrogen-bond acceptors (Lipinski definition) is 3. The minimum absolute atomic E-state index is 0.0515. The van der Waals surface area contributed by atoms with Crippen LogP contribution in [0.25, 0.3) is 6.08 Å². The maximum Gasteiger partial charge on any atom is 0.416 e. The van der Waals surface area contributed by atoms with Crippen LogP contribution in [-0.4, -0.2) is 12.4 Å². The van der Waals surface area contributed by atoms with Gasteiger partial charge in [-0.3, -0.25) is 4.79 Å². The zero-order chi connectivity index (χ0) is 18.0. The molecule has 0 amide bonds. The second-order valence-electron chi connectivity index (χ2n) is 5.32. The van der Waals surface area contributed by atoms with E-state index in [4.69, 9.17) is 9.47 Å². The summed E-state index contributed by atoms with van der Waals surface area (Å²) in [5, 5.41) is 0. The molecule has 128 valence electrons. The maximum atomic E-state index is 12.6. The van der Waals surface area contributed by atoms with Crippen LogP contribution in [0, 0.1) is 0 Å². The zero-order valence-corrected chi connectivity index (χ0v) is 13.0. The molecule has 6 heteroatoms. The Labute approximate surface area is 142 Å². The zero-order valence-electron chi connectivity index (χ0n) is 13.0. The predicted octanol–water partition coefficient (Wildman–Crippen LogP) is 4.89. The number of ketones is 1. The van der Waals surface area contributed by atoms with Gasteiger partial charge in [-0.1, -0.05) is 24.8 Å². The molecule has 0 radical (unpaired) electrons. The molecule has 3 rings (SSSR count). The Kier molecular flexibility index (Phi) is 4.35. The standard InChI is InChI=1S/C19H13F3O3/c1-2-9-24-14-7-8-15-16(11-14)25-17(18(15)23)10-12-3-5-13(6-4-12)19(20,21)22/h2-8,10-11H,1,9H2/b17-10+. The van der Waals surface area contributed by atoms with Crippen molar-refractivity contribution in [3.63, 3.8) is 0 Å². The third kappa shape index (κ3) is 3.57. The van der Waals surface area contributed by atoms with Gasteiger partial charge in [-0.15, -0.1) is 0 Å². The van der Waals surface area contributed by atoms with E-state index >= 15 is 0 Å². The number of benzene rings is 2. The molecule has 0 N–H and O–H groups in total. The highest BCUT2D eigenvalue weighted by molar-refractivity contribution is 6.14. The molecule has 0 unspecified atom stereocenters. The largest absolute Gasteiger partial charge is 0.489 e. The summed E-state index contributed by atoms with van der Waals surface area (Å²) in [6.45, 7) is 3.87. The molecule has 0 saturated heterocycles. The van der Waals surface area contributed by atoms with Gasteiger partial charge in [0.2, 0.25) is 5.78 Å². The molecule has 1 heterocycles. The van der Waals surface area contributed by atoms with Crippen molar-refractivity contribution >= 4 is 11.9 Å². The van der Waals surface area contributed by atoms with Gasteiger partial charge in [0.1, 0.15) is 18.1 Å². The van der Waals surface area contributed by atoms with E-state index in [1.165, 1.54) is 18.2 Å². The van der Waals surface area contributed by atoms with E-state index in [-0.39, 0.29) is 11.5 Å². The Morgan fingerprint density at radius 3 is 2.48 bits per heavy atom. The third-order valence-corrected chi connectivity index (χ3v) is 3.55. The molecule has 0 bridgehead atoms. The number of fused-ring (bicyclic) bond motifs is 1. The molecule has 0 fully saturated rings. The second kappa shape index (κ2) is 6.47. The first-order valence-electron chi connectivity index (χ1n) is 7.38. The van der Waals surface area contributed by atoms with Crippen LogP contribution in [0.1, 0.15) is 21.5 Å². The lowest BCUT2D eigenvalue weighted by Crippen LogP contribution is -2.04. The molecule has 0 aliphatic carbocycles. The maximum absolute atomic E-state index is 12.6. The molecule has 1 aliphatic rings.